The van der Waals surface area contributed by atoms with E-state index in [-0.39, 0.29) is 11.0 Å². The second-order valence-corrected chi connectivity index (χ2v) is 9.84. The normalized spacial score (nSPS) is 12.2. The zero-order valence-corrected chi connectivity index (χ0v) is 19.7. The van der Waals surface area contributed by atoms with Crippen molar-refractivity contribution in [3.8, 4) is 0 Å². The van der Waals surface area contributed by atoms with E-state index >= 15 is 0 Å². The Bertz CT molecular complexity index is 838. The summed E-state index contributed by atoms with van der Waals surface area (Å²) in [6.45, 7) is 3.97. The Morgan fingerprint density at radius 2 is 1.67 bits per heavy atom. The maximum Gasteiger partial charge on any atom is 0.254 e. The van der Waals surface area contributed by atoms with Gasteiger partial charge >= 0.3 is 0 Å². The minimum Gasteiger partial charge on any atom is -0.339 e. The number of nitrogens with one attached hydrogen (secondary N) is 3. The van der Waals surface area contributed by atoms with Crippen LogP contribution in [0.2, 0.25) is 0 Å². The van der Waals surface area contributed by atoms with Gasteiger partial charge in [0.25, 0.3) is 5.91 Å². The summed E-state index contributed by atoms with van der Waals surface area (Å²) >= 11 is 25.5. The van der Waals surface area contributed by atoms with E-state index in [2.05, 4.69) is 38.5 Å². The number of hydrogen-bond donors (Lipinski definition) is 3. The van der Waals surface area contributed by atoms with Gasteiger partial charge < -0.3 is 16.0 Å². The van der Waals surface area contributed by atoms with Crippen LogP contribution in [0.25, 0.3) is 0 Å². The van der Waals surface area contributed by atoms with Gasteiger partial charge in [0.1, 0.15) is 6.17 Å². The molecule has 2 aromatic carbocycles. The zero-order chi connectivity index (χ0) is 20.2. The van der Waals surface area contributed by atoms with Crippen LogP contribution in [0, 0.1) is 17.4 Å². The predicted molar refractivity (Wildman–Crippen MR) is 126 cm³/mol. The summed E-state index contributed by atoms with van der Waals surface area (Å²) in [7, 11) is 0. The lowest BCUT2D eigenvalue weighted by molar-refractivity contribution is 0.0933. The average Bonchev–Trinajstić information content (AvgIpc) is 2.52. The van der Waals surface area contributed by atoms with E-state index in [1.165, 1.54) is 0 Å². The quantitative estimate of drug-likeness (QED) is 0.207. The molecule has 0 aliphatic heterocycles. The molecular weight excluding hydrogens is 540 g/mol. The number of aryl methyl sites for hydroxylation is 2. The molecule has 0 saturated heterocycles. The number of carbonyl (C=O) groups is 1. The van der Waals surface area contributed by atoms with Gasteiger partial charge in [-0.05, 0) is 84.0 Å². The molecule has 2 aromatic rings. The summed E-state index contributed by atoms with van der Waals surface area (Å²) in [6.07, 6.45) is -1.03. The number of hydrogen-bond acceptors (Lipinski definition) is 2. The molecule has 2 rings (SSSR count). The Morgan fingerprint density at radius 1 is 1.07 bits per heavy atom. The van der Waals surface area contributed by atoms with Crippen molar-refractivity contribution in [2.75, 3.05) is 5.32 Å². The van der Waals surface area contributed by atoms with Crippen molar-refractivity contribution in [2.24, 2.45) is 0 Å². The molecule has 0 spiro atoms. The van der Waals surface area contributed by atoms with Crippen LogP contribution in [0.3, 0.4) is 0 Å². The fraction of sp³-hybridized carbons (Fsp3) is 0.222. The first kappa shape index (κ1) is 22.5. The van der Waals surface area contributed by atoms with Gasteiger partial charge in [-0.15, -0.1) is 0 Å². The minimum absolute atomic E-state index is 0.222. The fourth-order valence-electron chi connectivity index (χ4n) is 2.40. The second-order valence-electron chi connectivity index (χ2n) is 5.90. The molecule has 0 heterocycles. The topological polar surface area (TPSA) is 53.2 Å². The highest BCUT2D eigenvalue weighted by molar-refractivity contribution is 14.1. The van der Waals surface area contributed by atoms with Crippen LogP contribution in [0.15, 0.2) is 42.5 Å². The molecule has 1 unspecified atom stereocenters. The van der Waals surface area contributed by atoms with Crippen LogP contribution in [-0.4, -0.2) is 21.0 Å². The lowest BCUT2D eigenvalue weighted by atomic mass is 10.1. The number of rotatable bonds is 4. The van der Waals surface area contributed by atoms with Crippen molar-refractivity contribution in [1.82, 2.24) is 10.6 Å². The van der Waals surface area contributed by atoms with Crippen molar-refractivity contribution in [3.63, 3.8) is 0 Å². The summed E-state index contributed by atoms with van der Waals surface area (Å²) in [5, 5.41) is 8.79. The molecule has 1 atom stereocenters. The highest BCUT2D eigenvalue weighted by Crippen LogP contribution is 2.29. The Kier molecular flexibility index (Phi) is 8.00. The van der Waals surface area contributed by atoms with Crippen LogP contribution in [0.5, 0.6) is 0 Å². The van der Waals surface area contributed by atoms with E-state index in [1.807, 2.05) is 44.2 Å². The zero-order valence-electron chi connectivity index (χ0n) is 14.4. The Hall–Kier alpha value is -0.800. The number of anilines is 1. The molecule has 3 N–H and O–H groups in total. The average molecular weight is 557 g/mol. The van der Waals surface area contributed by atoms with Crippen LogP contribution in [-0.2, 0) is 0 Å². The molecule has 0 bridgehead atoms. The summed E-state index contributed by atoms with van der Waals surface area (Å²) in [6, 6.07) is 13.0. The number of halogens is 4. The van der Waals surface area contributed by atoms with Crippen LogP contribution >= 0.6 is 69.6 Å². The number of benzene rings is 2. The molecule has 0 saturated carbocycles. The van der Waals surface area contributed by atoms with E-state index < -0.39 is 9.96 Å². The molecule has 27 heavy (non-hydrogen) atoms. The van der Waals surface area contributed by atoms with Crippen molar-refractivity contribution < 1.29 is 4.79 Å². The molecular formula is C18H17Cl3IN3OS. The van der Waals surface area contributed by atoms with Gasteiger partial charge in [-0.1, -0.05) is 53.0 Å². The summed E-state index contributed by atoms with van der Waals surface area (Å²) < 4.78 is -1.03. The summed E-state index contributed by atoms with van der Waals surface area (Å²) in [5.41, 5.74) is 3.46. The Morgan fingerprint density at radius 3 is 2.22 bits per heavy atom. The first-order valence-corrected chi connectivity index (χ1v) is 10.5. The maximum absolute atomic E-state index is 12.6. The first-order valence-electron chi connectivity index (χ1n) is 7.84. The van der Waals surface area contributed by atoms with Crippen molar-refractivity contribution in [2.45, 2.75) is 23.8 Å². The van der Waals surface area contributed by atoms with Crippen LogP contribution < -0.4 is 16.0 Å². The van der Waals surface area contributed by atoms with E-state index in [0.717, 1.165) is 20.4 Å². The number of amides is 1. The van der Waals surface area contributed by atoms with Gasteiger partial charge in [-0.3, -0.25) is 4.79 Å². The van der Waals surface area contributed by atoms with E-state index in [9.17, 15) is 4.79 Å². The molecule has 144 valence electrons. The molecule has 0 fully saturated rings. The Balaban J connectivity index is 2.11. The standard InChI is InChI=1S/C18H17Cl3IN3OS/c1-10-7-11(2)9-12(8-10)23-17(27)25-16(18(19,20)21)24-15(26)13-5-3-4-6-14(13)22/h3-9,16H,1-2H3,(H,24,26)(H2,23,25,27). The fourth-order valence-corrected chi connectivity index (χ4v) is 3.59. The molecule has 0 radical (unpaired) electrons. The molecule has 1 amide bonds. The lowest BCUT2D eigenvalue weighted by Gasteiger charge is -2.28. The maximum atomic E-state index is 12.6. The minimum atomic E-state index is -1.82. The highest BCUT2D eigenvalue weighted by Gasteiger charge is 2.35. The van der Waals surface area contributed by atoms with Gasteiger partial charge in [0.2, 0.25) is 3.79 Å². The van der Waals surface area contributed by atoms with Crippen molar-refractivity contribution in [3.05, 3.63) is 62.7 Å². The number of carbonyl (C=O) groups excluding carboxylic acids is 1. The largest absolute Gasteiger partial charge is 0.339 e. The molecule has 0 aromatic heterocycles. The summed E-state index contributed by atoms with van der Waals surface area (Å²) in [4.78, 5) is 12.6. The molecule has 4 nitrogen and oxygen atoms in total. The van der Waals surface area contributed by atoms with Gasteiger partial charge in [0.05, 0.1) is 5.56 Å². The smallest absolute Gasteiger partial charge is 0.254 e. The van der Waals surface area contributed by atoms with Crippen LogP contribution in [0.1, 0.15) is 21.5 Å². The Labute approximate surface area is 192 Å². The third-order valence-corrected chi connectivity index (χ3v) is 5.29. The van der Waals surface area contributed by atoms with Gasteiger partial charge in [-0.25, -0.2) is 0 Å². The van der Waals surface area contributed by atoms with Gasteiger partial charge in [0, 0.05) is 9.26 Å². The molecule has 0 aliphatic carbocycles. The van der Waals surface area contributed by atoms with Crippen LogP contribution in [0.4, 0.5) is 5.69 Å². The predicted octanol–water partition coefficient (Wildman–Crippen LogP) is 5.32. The van der Waals surface area contributed by atoms with E-state index in [4.69, 9.17) is 47.0 Å². The third-order valence-electron chi connectivity index (χ3n) is 3.48. The van der Waals surface area contributed by atoms with Crippen molar-refractivity contribution >= 4 is 86.3 Å². The number of thiocarbonyl (C=S) groups is 1. The molecule has 0 aliphatic rings. The third kappa shape index (κ3) is 6.94. The molecule has 9 heteroatoms. The monoisotopic (exact) mass is 555 g/mol. The SMILES string of the molecule is Cc1cc(C)cc(NC(=S)NC(NC(=O)c2ccccc2I)C(Cl)(Cl)Cl)c1. The van der Waals surface area contributed by atoms with Gasteiger partial charge in [-0.2, -0.15) is 0 Å². The highest BCUT2D eigenvalue weighted by atomic mass is 127. The van der Waals surface area contributed by atoms with Crippen molar-refractivity contribution in [1.29, 1.82) is 0 Å². The van der Waals surface area contributed by atoms with E-state index in [1.54, 1.807) is 12.1 Å². The first-order chi connectivity index (χ1) is 12.6. The number of alkyl halides is 3. The lowest BCUT2D eigenvalue weighted by Crippen LogP contribution is -2.56. The summed E-state index contributed by atoms with van der Waals surface area (Å²) in [5.74, 6) is -0.377. The van der Waals surface area contributed by atoms with E-state index in [0.29, 0.717) is 5.56 Å². The second kappa shape index (κ2) is 9.60. The van der Waals surface area contributed by atoms with Gasteiger partial charge in [0.15, 0.2) is 5.11 Å².